The SMILES string of the molecule is CNCc1coc(-c2scc(C)c2Cl)n1. The van der Waals surface area contributed by atoms with Crippen LogP contribution >= 0.6 is 22.9 Å². The number of halogens is 1. The maximum Gasteiger partial charge on any atom is 0.238 e. The lowest BCUT2D eigenvalue weighted by Gasteiger charge is -1.91. The molecule has 0 aliphatic heterocycles. The quantitative estimate of drug-likeness (QED) is 0.899. The van der Waals surface area contributed by atoms with Gasteiger partial charge in [0.15, 0.2) is 0 Å². The van der Waals surface area contributed by atoms with E-state index < -0.39 is 0 Å². The second-order valence-corrected chi connectivity index (χ2v) is 4.49. The number of oxazole rings is 1. The zero-order valence-electron chi connectivity index (χ0n) is 8.50. The summed E-state index contributed by atoms with van der Waals surface area (Å²) in [4.78, 5) is 5.24. The topological polar surface area (TPSA) is 38.1 Å². The molecule has 0 unspecified atom stereocenters. The predicted molar refractivity (Wildman–Crippen MR) is 62.3 cm³/mol. The summed E-state index contributed by atoms with van der Waals surface area (Å²) in [6.07, 6.45) is 1.65. The van der Waals surface area contributed by atoms with Gasteiger partial charge in [-0.1, -0.05) is 11.6 Å². The molecular formula is C10H11ClN2OS. The van der Waals surface area contributed by atoms with Crippen molar-refractivity contribution in [1.29, 1.82) is 0 Å². The van der Waals surface area contributed by atoms with Crippen LogP contribution in [0.4, 0.5) is 0 Å². The Morgan fingerprint density at radius 2 is 2.40 bits per heavy atom. The minimum absolute atomic E-state index is 0.600. The van der Waals surface area contributed by atoms with E-state index in [0.29, 0.717) is 12.4 Å². The van der Waals surface area contributed by atoms with Crippen LogP contribution in [-0.2, 0) is 6.54 Å². The van der Waals surface area contributed by atoms with Gasteiger partial charge >= 0.3 is 0 Å². The summed E-state index contributed by atoms with van der Waals surface area (Å²) in [6, 6.07) is 0. The summed E-state index contributed by atoms with van der Waals surface area (Å²) in [5, 5.41) is 5.75. The van der Waals surface area contributed by atoms with Crippen molar-refractivity contribution < 1.29 is 4.42 Å². The van der Waals surface area contributed by atoms with Gasteiger partial charge in [0.05, 0.1) is 10.7 Å². The molecule has 15 heavy (non-hydrogen) atoms. The van der Waals surface area contributed by atoms with E-state index in [4.69, 9.17) is 16.0 Å². The van der Waals surface area contributed by atoms with E-state index in [2.05, 4.69) is 10.3 Å². The Balaban J connectivity index is 2.33. The van der Waals surface area contributed by atoms with Crippen LogP contribution in [0.1, 0.15) is 11.3 Å². The first kappa shape index (κ1) is 10.7. The summed E-state index contributed by atoms with van der Waals surface area (Å²) < 4.78 is 5.37. The Morgan fingerprint density at radius 1 is 1.60 bits per heavy atom. The van der Waals surface area contributed by atoms with Crippen LogP contribution in [0.3, 0.4) is 0 Å². The van der Waals surface area contributed by atoms with Gasteiger partial charge in [0.25, 0.3) is 0 Å². The highest BCUT2D eigenvalue weighted by molar-refractivity contribution is 7.14. The van der Waals surface area contributed by atoms with Crippen LogP contribution in [0.15, 0.2) is 16.1 Å². The predicted octanol–water partition coefficient (Wildman–Crippen LogP) is 3.08. The first-order chi connectivity index (χ1) is 7.22. The third kappa shape index (κ3) is 2.07. The van der Waals surface area contributed by atoms with Crippen LogP contribution < -0.4 is 5.32 Å². The van der Waals surface area contributed by atoms with Gasteiger partial charge in [-0.25, -0.2) is 4.98 Å². The molecule has 5 heteroatoms. The molecule has 0 bridgehead atoms. The van der Waals surface area contributed by atoms with Gasteiger partial charge in [-0.2, -0.15) is 0 Å². The van der Waals surface area contributed by atoms with E-state index in [1.54, 1.807) is 17.6 Å². The van der Waals surface area contributed by atoms with Gasteiger partial charge in [0.2, 0.25) is 5.89 Å². The summed E-state index contributed by atoms with van der Waals surface area (Å²) in [5.74, 6) is 0.600. The van der Waals surface area contributed by atoms with E-state index in [1.807, 2.05) is 19.4 Å². The molecule has 0 amide bonds. The molecule has 2 aromatic heterocycles. The Bertz CT molecular complexity index is 464. The number of hydrogen-bond donors (Lipinski definition) is 1. The van der Waals surface area contributed by atoms with Crippen LogP contribution in [0.5, 0.6) is 0 Å². The second-order valence-electron chi connectivity index (χ2n) is 3.24. The van der Waals surface area contributed by atoms with Crippen molar-refractivity contribution in [3.63, 3.8) is 0 Å². The Kier molecular flexibility index (Phi) is 3.09. The molecule has 0 aliphatic rings. The largest absolute Gasteiger partial charge is 0.443 e. The number of rotatable bonds is 3. The molecule has 2 aromatic rings. The van der Waals surface area contributed by atoms with Gasteiger partial charge in [-0.3, -0.25) is 0 Å². The van der Waals surface area contributed by atoms with Crippen molar-refractivity contribution in [3.8, 4) is 10.8 Å². The van der Waals surface area contributed by atoms with Gasteiger partial charge < -0.3 is 9.73 Å². The number of aryl methyl sites for hydroxylation is 1. The average Bonchev–Trinajstić information content (AvgIpc) is 2.77. The Labute approximate surface area is 97.1 Å². The van der Waals surface area contributed by atoms with E-state index in [-0.39, 0.29) is 0 Å². The van der Waals surface area contributed by atoms with Crippen molar-refractivity contribution in [2.45, 2.75) is 13.5 Å². The molecule has 0 aliphatic carbocycles. The molecule has 0 fully saturated rings. The van der Waals surface area contributed by atoms with E-state index in [9.17, 15) is 0 Å². The highest BCUT2D eigenvalue weighted by Crippen LogP contribution is 2.35. The molecule has 1 N–H and O–H groups in total. The molecular weight excluding hydrogens is 232 g/mol. The molecule has 0 aromatic carbocycles. The van der Waals surface area contributed by atoms with E-state index >= 15 is 0 Å². The maximum absolute atomic E-state index is 6.12. The first-order valence-corrected chi connectivity index (χ1v) is 5.81. The number of nitrogens with zero attached hydrogens (tertiary/aromatic N) is 1. The van der Waals surface area contributed by atoms with Crippen molar-refractivity contribution in [1.82, 2.24) is 10.3 Å². The standard InChI is InChI=1S/C10H11ClN2OS/c1-6-5-15-9(8(6)11)10-13-7(3-12-2)4-14-10/h4-5,12H,3H2,1-2H3. The van der Waals surface area contributed by atoms with Crippen molar-refractivity contribution in [3.05, 3.63) is 27.9 Å². The fourth-order valence-corrected chi connectivity index (χ4v) is 2.45. The lowest BCUT2D eigenvalue weighted by atomic mass is 10.3. The molecule has 0 atom stereocenters. The van der Waals surface area contributed by atoms with Gasteiger partial charge in [-0.05, 0) is 24.9 Å². The summed E-state index contributed by atoms with van der Waals surface area (Å²) in [5.41, 5.74) is 1.94. The zero-order valence-corrected chi connectivity index (χ0v) is 10.1. The number of hydrogen-bond acceptors (Lipinski definition) is 4. The minimum atomic E-state index is 0.600. The van der Waals surface area contributed by atoms with Crippen LogP contribution in [0, 0.1) is 6.92 Å². The molecule has 2 heterocycles. The van der Waals surface area contributed by atoms with E-state index in [0.717, 1.165) is 21.2 Å². The van der Waals surface area contributed by atoms with Gasteiger partial charge in [0, 0.05) is 6.54 Å². The number of nitrogens with one attached hydrogen (secondary N) is 1. The number of aromatic nitrogens is 1. The van der Waals surface area contributed by atoms with Crippen molar-refractivity contribution >= 4 is 22.9 Å². The van der Waals surface area contributed by atoms with Crippen LogP contribution in [0.25, 0.3) is 10.8 Å². The fraction of sp³-hybridized carbons (Fsp3) is 0.300. The van der Waals surface area contributed by atoms with Crippen molar-refractivity contribution in [2.24, 2.45) is 0 Å². The molecule has 80 valence electrons. The molecule has 0 saturated heterocycles. The lowest BCUT2D eigenvalue weighted by Crippen LogP contribution is -2.04. The first-order valence-electron chi connectivity index (χ1n) is 4.55. The van der Waals surface area contributed by atoms with Gasteiger partial charge in [-0.15, -0.1) is 11.3 Å². The molecule has 0 saturated carbocycles. The average molecular weight is 243 g/mol. The summed E-state index contributed by atoms with van der Waals surface area (Å²) in [6.45, 7) is 2.67. The third-order valence-corrected chi connectivity index (χ3v) is 3.69. The van der Waals surface area contributed by atoms with E-state index in [1.165, 1.54) is 0 Å². The number of thiophene rings is 1. The Morgan fingerprint density at radius 3 is 3.00 bits per heavy atom. The molecule has 2 rings (SSSR count). The smallest absolute Gasteiger partial charge is 0.238 e. The summed E-state index contributed by atoms with van der Waals surface area (Å²) in [7, 11) is 1.87. The van der Waals surface area contributed by atoms with Crippen LogP contribution in [0.2, 0.25) is 5.02 Å². The molecule has 3 nitrogen and oxygen atoms in total. The van der Waals surface area contributed by atoms with Gasteiger partial charge in [0.1, 0.15) is 11.1 Å². The second kappa shape index (κ2) is 4.35. The third-order valence-electron chi connectivity index (χ3n) is 2.00. The maximum atomic E-state index is 6.12. The highest BCUT2D eigenvalue weighted by Gasteiger charge is 2.13. The highest BCUT2D eigenvalue weighted by atomic mass is 35.5. The summed E-state index contributed by atoms with van der Waals surface area (Å²) >= 11 is 7.68. The molecule has 0 radical (unpaired) electrons. The zero-order chi connectivity index (χ0) is 10.8. The van der Waals surface area contributed by atoms with Crippen molar-refractivity contribution in [2.75, 3.05) is 7.05 Å². The van der Waals surface area contributed by atoms with Crippen LogP contribution in [-0.4, -0.2) is 12.0 Å². The fourth-order valence-electron chi connectivity index (χ4n) is 1.25. The lowest BCUT2D eigenvalue weighted by molar-refractivity contribution is 0.573. The molecule has 0 spiro atoms. The Hall–Kier alpha value is -0.840. The minimum Gasteiger partial charge on any atom is -0.443 e. The monoisotopic (exact) mass is 242 g/mol. The normalized spacial score (nSPS) is 10.9.